The van der Waals surface area contributed by atoms with Crippen molar-refractivity contribution in [3.8, 4) is 11.8 Å². The van der Waals surface area contributed by atoms with E-state index in [1.807, 2.05) is 20.8 Å². The Kier molecular flexibility index (Phi) is 4.55. The van der Waals surface area contributed by atoms with Gasteiger partial charge in [0.25, 0.3) is 0 Å². The quantitative estimate of drug-likeness (QED) is 0.850. The van der Waals surface area contributed by atoms with Gasteiger partial charge in [-0.2, -0.15) is 0 Å². The van der Waals surface area contributed by atoms with Crippen LogP contribution in [-0.2, 0) is 9.84 Å². The summed E-state index contributed by atoms with van der Waals surface area (Å²) in [5, 5.41) is 9.66. The van der Waals surface area contributed by atoms with Gasteiger partial charge in [-0.25, -0.2) is 8.42 Å². The van der Waals surface area contributed by atoms with Crippen LogP contribution in [0.1, 0.15) is 20.8 Å². The monoisotopic (exact) mass is 266 g/mol. The molecule has 1 N–H and O–H groups in total. The summed E-state index contributed by atoms with van der Waals surface area (Å²) in [6.07, 6.45) is -1.16. The lowest BCUT2D eigenvalue weighted by atomic mass is 9.98. The number of benzene rings is 1. The fraction of sp³-hybridized carbons (Fsp3) is 0.429. The number of aliphatic hydroxyl groups excluding tert-OH is 1. The zero-order valence-electron chi connectivity index (χ0n) is 10.8. The Morgan fingerprint density at radius 1 is 1.22 bits per heavy atom. The van der Waals surface area contributed by atoms with Crippen molar-refractivity contribution in [2.45, 2.75) is 31.8 Å². The van der Waals surface area contributed by atoms with Crippen LogP contribution in [0, 0.1) is 17.3 Å². The largest absolute Gasteiger partial charge is 0.379 e. The molecular formula is C14H18O3S. The second-order valence-corrected chi connectivity index (χ2v) is 7.16. The topological polar surface area (TPSA) is 54.4 Å². The van der Waals surface area contributed by atoms with E-state index < -0.39 is 15.9 Å². The van der Waals surface area contributed by atoms with Crippen molar-refractivity contribution >= 4 is 9.84 Å². The molecule has 0 saturated carbocycles. The summed E-state index contributed by atoms with van der Waals surface area (Å²) in [5.41, 5.74) is -0.252. The van der Waals surface area contributed by atoms with E-state index in [1.165, 1.54) is 12.1 Å². The minimum absolute atomic E-state index is 0.210. The Hall–Kier alpha value is -1.31. The van der Waals surface area contributed by atoms with Crippen LogP contribution in [0.4, 0.5) is 0 Å². The van der Waals surface area contributed by atoms with Crippen LogP contribution in [-0.4, -0.2) is 25.4 Å². The number of rotatable bonds is 3. The highest BCUT2D eigenvalue weighted by Gasteiger charge is 2.18. The van der Waals surface area contributed by atoms with Gasteiger partial charge in [-0.1, -0.05) is 30.0 Å². The van der Waals surface area contributed by atoms with E-state index in [4.69, 9.17) is 0 Å². The molecule has 0 heterocycles. The maximum Gasteiger partial charge on any atom is 0.181 e. The Morgan fingerprint density at radius 2 is 1.78 bits per heavy atom. The predicted molar refractivity (Wildman–Crippen MR) is 71.7 cm³/mol. The summed E-state index contributed by atoms with van der Waals surface area (Å²) in [6, 6.07) is 8.08. The van der Waals surface area contributed by atoms with Gasteiger partial charge in [-0.15, -0.1) is 0 Å². The van der Waals surface area contributed by atoms with Gasteiger partial charge in [0.1, 0.15) is 6.10 Å². The van der Waals surface area contributed by atoms with Gasteiger partial charge in [0, 0.05) is 5.41 Å². The maximum absolute atomic E-state index is 11.9. The van der Waals surface area contributed by atoms with Crippen molar-refractivity contribution in [2.24, 2.45) is 5.41 Å². The van der Waals surface area contributed by atoms with Crippen molar-refractivity contribution in [3.63, 3.8) is 0 Å². The molecule has 0 aromatic heterocycles. The van der Waals surface area contributed by atoms with E-state index in [0.29, 0.717) is 0 Å². The average Bonchev–Trinajstić information content (AvgIpc) is 2.26. The number of hydrogen-bond acceptors (Lipinski definition) is 3. The Bertz CT molecular complexity index is 542. The number of sulfone groups is 1. The van der Waals surface area contributed by atoms with Gasteiger partial charge in [-0.3, -0.25) is 0 Å². The molecule has 0 amide bonds. The van der Waals surface area contributed by atoms with Crippen LogP contribution < -0.4 is 0 Å². The van der Waals surface area contributed by atoms with Crippen LogP contribution in [0.3, 0.4) is 0 Å². The third-order valence-corrected chi connectivity index (χ3v) is 3.84. The molecular weight excluding hydrogens is 248 g/mol. The molecule has 0 aliphatic heterocycles. The first kappa shape index (κ1) is 14.7. The van der Waals surface area contributed by atoms with E-state index in [-0.39, 0.29) is 16.1 Å². The minimum Gasteiger partial charge on any atom is -0.379 e. The van der Waals surface area contributed by atoms with Crippen LogP contribution >= 0.6 is 0 Å². The Morgan fingerprint density at radius 3 is 2.28 bits per heavy atom. The van der Waals surface area contributed by atoms with Gasteiger partial charge in [-0.05, 0) is 32.9 Å². The smallest absolute Gasteiger partial charge is 0.181 e. The second-order valence-electron chi connectivity index (χ2n) is 5.13. The summed E-state index contributed by atoms with van der Waals surface area (Å²) in [4.78, 5) is 0.210. The Balaban J connectivity index is 2.82. The van der Waals surface area contributed by atoms with Crippen LogP contribution in [0.2, 0.25) is 0 Å². The van der Waals surface area contributed by atoms with Crippen molar-refractivity contribution in [1.29, 1.82) is 0 Å². The first-order chi connectivity index (χ1) is 8.21. The summed E-state index contributed by atoms with van der Waals surface area (Å²) >= 11 is 0. The molecule has 0 saturated heterocycles. The molecule has 1 atom stereocenters. The van der Waals surface area contributed by atoms with Crippen molar-refractivity contribution in [2.75, 3.05) is 5.75 Å². The van der Waals surface area contributed by atoms with E-state index in [0.717, 1.165) is 0 Å². The van der Waals surface area contributed by atoms with E-state index in [2.05, 4.69) is 11.8 Å². The minimum atomic E-state index is -3.48. The third-order valence-electron chi connectivity index (χ3n) is 2.09. The van der Waals surface area contributed by atoms with Crippen LogP contribution in [0.15, 0.2) is 35.2 Å². The van der Waals surface area contributed by atoms with E-state index in [1.54, 1.807) is 18.2 Å². The summed E-state index contributed by atoms with van der Waals surface area (Å²) in [6.45, 7) is 5.70. The second kappa shape index (κ2) is 5.55. The molecule has 0 bridgehead atoms. The molecule has 98 valence electrons. The lowest BCUT2D eigenvalue weighted by Gasteiger charge is -2.09. The molecule has 0 spiro atoms. The molecule has 3 nitrogen and oxygen atoms in total. The van der Waals surface area contributed by atoms with Crippen LogP contribution in [0.5, 0.6) is 0 Å². The van der Waals surface area contributed by atoms with Crippen molar-refractivity contribution in [3.05, 3.63) is 30.3 Å². The Labute approximate surface area is 109 Å². The zero-order chi connectivity index (χ0) is 13.8. The fourth-order valence-electron chi connectivity index (χ4n) is 1.27. The molecule has 1 rings (SSSR count). The summed E-state index contributed by atoms with van der Waals surface area (Å²) in [5.74, 6) is 5.03. The van der Waals surface area contributed by atoms with E-state index in [9.17, 15) is 13.5 Å². The highest BCUT2D eigenvalue weighted by Crippen LogP contribution is 2.12. The molecule has 0 fully saturated rings. The molecule has 1 aromatic rings. The number of aliphatic hydroxyl groups is 1. The first-order valence-corrected chi connectivity index (χ1v) is 7.34. The van der Waals surface area contributed by atoms with Crippen molar-refractivity contribution < 1.29 is 13.5 Å². The average molecular weight is 266 g/mol. The highest BCUT2D eigenvalue weighted by atomic mass is 32.2. The van der Waals surface area contributed by atoms with E-state index >= 15 is 0 Å². The molecule has 1 aromatic carbocycles. The fourth-order valence-corrected chi connectivity index (χ4v) is 2.54. The third kappa shape index (κ3) is 4.91. The van der Waals surface area contributed by atoms with Gasteiger partial charge in [0.2, 0.25) is 0 Å². The SMILES string of the molecule is CC(C)(C)C#CC(O)CS(=O)(=O)c1ccccc1. The normalized spacial score (nSPS) is 13.6. The molecule has 4 heteroatoms. The predicted octanol–water partition coefficient (Wildman–Crippen LogP) is 1.87. The highest BCUT2D eigenvalue weighted by molar-refractivity contribution is 7.91. The molecule has 0 radical (unpaired) electrons. The van der Waals surface area contributed by atoms with Gasteiger partial charge < -0.3 is 5.11 Å². The lowest BCUT2D eigenvalue weighted by Crippen LogP contribution is -2.20. The molecule has 1 unspecified atom stereocenters. The summed E-state index contributed by atoms with van der Waals surface area (Å²) < 4.78 is 23.9. The zero-order valence-corrected chi connectivity index (χ0v) is 11.7. The lowest BCUT2D eigenvalue weighted by molar-refractivity contribution is 0.254. The van der Waals surface area contributed by atoms with Crippen molar-refractivity contribution in [1.82, 2.24) is 0 Å². The number of hydrogen-bond donors (Lipinski definition) is 1. The van der Waals surface area contributed by atoms with Gasteiger partial charge in [0.15, 0.2) is 9.84 Å². The molecule has 0 aliphatic rings. The molecule has 18 heavy (non-hydrogen) atoms. The first-order valence-electron chi connectivity index (χ1n) is 5.69. The maximum atomic E-state index is 11.9. The van der Waals surface area contributed by atoms with Gasteiger partial charge in [0.05, 0.1) is 10.6 Å². The molecule has 0 aliphatic carbocycles. The van der Waals surface area contributed by atoms with Gasteiger partial charge >= 0.3 is 0 Å². The summed E-state index contributed by atoms with van der Waals surface area (Å²) in [7, 11) is -3.48. The standard InChI is InChI=1S/C14H18O3S/c1-14(2,3)10-9-12(15)11-18(16,17)13-7-5-4-6-8-13/h4-8,12,15H,11H2,1-3H3. The van der Waals surface area contributed by atoms with Crippen LogP contribution in [0.25, 0.3) is 0 Å².